The first-order valence-corrected chi connectivity index (χ1v) is 7.00. The van der Waals surface area contributed by atoms with Crippen molar-refractivity contribution in [2.75, 3.05) is 0 Å². The van der Waals surface area contributed by atoms with Gasteiger partial charge < -0.3 is 0 Å². The maximum atomic E-state index is 9.43. The lowest BCUT2D eigenvalue weighted by Gasteiger charge is -2.25. The largest absolute Gasteiger partial charge is 0.198 e. The predicted molar refractivity (Wildman–Crippen MR) is 66.8 cm³/mol. The Hall–Kier alpha value is -0.770. The number of rotatable bonds is 2. The third kappa shape index (κ3) is 2.88. The van der Waals surface area contributed by atoms with Crippen LogP contribution in [0.3, 0.4) is 0 Å². The minimum atomic E-state index is 0.249. The Morgan fingerprint density at radius 1 is 1.06 bits per heavy atom. The first-order chi connectivity index (χ1) is 7.92. The molecule has 1 atom stereocenters. The molecular weight excluding hydrogens is 194 g/mol. The summed E-state index contributed by atoms with van der Waals surface area (Å²) in [6.45, 7) is 0. The Morgan fingerprint density at radius 2 is 1.81 bits per heavy atom. The van der Waals surface area contributed by atoms with E-state index >= 15 is 0 Å². The second kappa shape index (κ2) is 6.09. The van der Waals surface area contributed by atoms with E-state index in [1.54, 1.807) is 0 Å². The molecule has 0 aliphatic heterocycles. The van der Waals surface area contributed by atoms with Crippen molar-refractivity contribution in [1.29, 1.82) is 5.26 Å². The Balaban J connectivity index is 2.02. The molecule has 0 saturated heterocycles. The minimum absolute atomic E-state index is 0.249. The van der Waals surface area contributed by atoms with Crippen molar-refractivity contribution in [1.82, 2.24) is 0 Å². The molecule has 0 heterocycles. The monoisotopic (exact) mass is 217 g/mol. The average Bonchev–Trinajstić information content (AvgIpc) is 2.61. The highest BCUT2D eigenvalue weighted by atomic mass is 14.3. The van der Waals surface area contributed by atoms with E-state index in [4.69, 9.17) is 0 Å². The number of nitrogens with zero attached hydrogens (tertiary/aromatic N) is 1. The van der Waals surface area contributed by atoms with Crippen LogP contribution in [0.4, 0.5) is 0 Å². The van der Waals surface area contributed by atoms with Crippen LogP contribution in [-0.4, -0.2) is 0 Å². The van der Waals surface area contributed by atoms with E-state index in [2.05, 4.69) is 12.1 Å². The summed E-state index contributed by atoms with van der Waals surface area (Å²) < 4.78 is 0. The van der Waals surface area contributed by atoms with Crippen molar-refractivity contribution in [3.63, 3.8) is 0 Å². The first-order valence-electron chi connectivity index (χ1n) is 7.00. The van der Waals surface area contributed by atoms with Gasteiger partial charge in [0.15, 0.2) is 0 Å². The molecule has 0 aromatic rings. The van der Waals surface area contributed by atoms with Crippen molar-refractivity contribution in [2.24, 2.45) is 11.8 Å². The quantitative estimate of drug-likeness (QED) is 0.490. The van der Waals surface area contributed by atoms with E-state index in [-0.39, 0.29) is 5.92 Å². The second-order valence-electron chi connectivity index (χ2n) is 5.38. The van der Waals surface area contributed by atoms with E-state index in [1.165, 1.54) is 69.8 Å². The topological polar surface area (TPSA) is 23.8 Å². The molecule has 16 heavy (non-hydrogen) atoms. The van der Waals surface area contributed by atoms with Crippen molar-refractivity contribution in [3.05, 3.63) is 11.6 Å². The van der Waals surface area contributed by atoms with E-state index < -0.39 is 0 Å². The fourth-order valence-electron chi connectivity index (χ4n) is 3.28. The smallest absolute Gasteiger partial charge is 0.0703 e. The van der Waals surface area contributed by atoms with Gasteiger partial charge >= 0.3 is 0 Å². The van der Waals surface area contributed by atoms with Crippen LogP contribution in [-0.2, 0) is 0 Å². The SMILES string of the molecule is N#CC(C1=CCCCC1)C1CCCCCC1. The van der Waals surface area contributed by atoms with Gasteiger partial charge in [0.2, 0.25) is 0 Å². The lowest BCUT2D eigenvalue weighted by Crippen LogP contribution is -2.16. The van der Waals surface area contributed by atoms with Crippen LogP contribution in [0.1, 0.15) is 64.2 Å². The molecule has 1 fully saturated rings. The molecule has 1 heteroatoms. The molecule has 0 aromatic heterocycles. The van der Waals surface area contributed by atoms with Gasteiger partial charge in [-0.3, -0.25) is 0 Å². The highest BCUT2D eigenvalue weighted by Crippen LogP contribution is 2.36. The van der Waals surface area contributed by atoms with Crippen LogP contribution in [0.15, 0.2) is 11.6 Å². The molecule has 0 spiro atoms. The average molecular weight is 217 g/mol. The Morgan fingerprint density at radius 3 is 2.38 bits per heavy atom. The number of allylic oxidation sites excluding steroid dienone is 2. The third-order valence-electron chi connectivity index (χ3n) is 4.24. The van der Waals surface area contributed by atoms with Gasteiger partial charge in [0.05, 0.1) is 12.0 Å². The van der Waals surface area contributed by atoms with Gasteiger partial charge in [-0.15, -0.1) is 0 Å². The molecule has 0 bridgehead atoms. The maximum Gasteiger partial charge on any atom is 0.0703 e. The van der Waals surface area contributed by atoms with E-state index in [0.29, 0.717) is 5.92 Å². The summed E-state index contributed by atoms with van der Waals surface area (Å²) in [5.41, 5.74) is 1.47. The number of hydrogen-bond acceptors (Lipinski definition) is 1. The molecule has 88 valence electrons. The zero-order valence-corrected chi connectivity index (χ0v) is 10.3. The predicted octanol–water partition coefficient (Wildman–Crippen LogP) is 4.60. The van der Waals surface area contributed by atoms with Crippen LogP contribution in [0.2, 0.25) is 0 Å². The van der Waals surface area contributed by atoms with E-state index in [1.807, 2.05) is 0 Å². The summed E-state index contributed by atoms with van der Waals surface area (Å²) in [5.74, 6) is 0.912. The second-order valence-corrected chi connectivity index (χ2v) is 5.38. The molecular formula is C15H23N. The molecule has 1 unspecified atom stereocenters. The van der Waals surface area contributed by atoms with Crippen LogP contribution in [0.25, 0.3) is 0 Å². The molecule has 0 amide bonds. The third-order valence-corrected chi connectivity index (χ3v) is 4.24. The summed E-state index contributed by atoms with van der Waals surface area (Å²) in [6.07, 6.45) is 15.4. The van der Waals surface area contributed by atoms with Gasteiger partial charge in [-0.2, -0.15) is 5.26 Å². The summed E-state index contributed by atoms with van der Waals surface area (Å²) in [6, 6.07) is 2.60. The number of nitriles is 1. The van der Waals surface area contributed by atoms with Crippen LogP contribution >= 0.6 is 0 Å². The van der Waals surface area contributed by atoms with Crippen LogP contribution < -0.4 is 0 Å². The molecule has 2 aliphatic rings. The van der Waals surface area contributed by atoms with Crippen molar-refractivity contribution < 1.29 is 0 Å². The summed E-state index contributed by atoms with van der Waals surface area (Å²) in [7, 11) is 0. The summed E-state index contributed by atoms with van der Waals surface area (Å²) in [4.78, 5) is 0. The summed E-state index contributed by atoms with van der Waals surface area (Å²) >= 11 is 0. The minimum Gasteiger partial charge on any atom is -0.198 e. The molecule has 2 aliphatic carbocycles. The van der Waals surface area contributed by atoms with E-state index in [9.17, 15) is 5.26 Å². The van der Waals surface area contributed by atoms with E-state index in [0.717, 1.165) is 0 Å². The van der Waals surface area contributed by atoms with Gasteiger partial charge in [-0.1, -0.05) is 37.3 Å². The first kappa shape index (κ1) is 11.7. The molecule has 1 nitrogen and oxygen atoms in total. The normalized spacial score (nSPS) is 25.3. The lowest BCUT2D eigenvalue weighted by molar-refractivity contribution is 0.381. The zero-order chi connectivity index (χ0) is 11.2. The lowest BCUT2D eigenvalue weighted by atomic mass is 9.78. The molecule has 2 rings (SSSR count). The molecule has 0 N–H and O–H groups in total. The highest BCUT2D eigenvalue weighted by Gasteiger charge is 2.26. The van der Waals surface area contributed by atoms with Crippen molar-refractivity contribution in [2.45, 2.75) is 64.2 Å². The fraction of sp³-hybridized carbons (Fsp3) is 0.800. The van der Waals surface area contributed by atoms with Gasteiger partial charge in [-0.05, 0) is 44.4 Å². The molecule has 0 radical (unpaired) electrons. The highest BCUT2D eigenvalue weighted by molar-refractivity contribution is 5.17. The standard InChI is InChI=1S/C15H23N/c16-12-15(14-10-6-3-7-11-14)13-8-4-1-2-5-9-13/h10,13,15H,1-9,11H2. The summed E-state index contributed by atoms with van der Waals surface area (Å²) in [5, 5.41) is 9.43. The molecule has 1 saturated carbocycles. The Bertz CT molecular complexity index is 276. The van der Waals surface area contributed by atoms with Crippen LogP contribution in [0.5, 0.6) is 0 Å². The Labute approximate surface area is 99.5 Å². The fourth-order valence-corrected chi connectivity index (χ4v) is 3.28. The van der Waals surface area contributed by atoms with Gasteiger partial charge in [0.1, 0.15) is 0 Å². The Kier molecular flexibility index (Phi) is 4.45. The zero-order valence-electron chi connectivity index (χ0n) is 10.3. The number of hydrogen-bond donors (Lipinski definition) is 0. The maximum absolute atomic E-state index is 9.43. The van der Waals surface area contributed by atoms with Crippen molar-refractivity contribution >= 4 is 0 Å². The molecule has 0 aromatic carbocycles. The van der Waals surface area contributed by atoms with Crippen LogP contribution in [0, 0.1) is 23.2 Å². The van der Waals surface area contributed by atoms with Gasteiger partial charge in [0, 0.05) is 0 Å². The van der Waals surface area contributed by atoms with Crippen molar-refractivity contribution in [3.8, 4) is 6.07 Å². The van der Waals surface area contributed by atoms with Gasteiger partial charge in [-0.25, -0.2) is 0 Å². The van der Waals surface area contributed by atoms with Gasteiger partial charge in [0.25, 0.3) is 0 Å².